The largest absolute Gasteiger partial charge is 0.497 e. The molecule has 112 valence electrons. The third-order valence-electron chi connectivity index (χ3n) is 4.13. The number of aliphatic hydroxyl groups excluding tert-OH is 1. The van der Waals surface area contributed by atoms with Gasteiger partial charge in [-0.1, -0.05) is 19.1 Å². The number of piperidine rings is 1. The van der Waals surface area contributed by atoms with Gasteiger partial charge in [-0.05, 0) is 43.5 Å². The lowest BCUT2D eigenvalue weighted by atomic mass is 9.93. The van der Waals surface area contributed by atoms with Crippen LogP contribution in [-0.4, -0.2) is 42.4 Å². The number of hydrogen-bond donors (Lipinski definition) is 2. The van der Waals surface area contributed by atoms with E-state index < -0.39 is 0 Å². The Morgan fingerprint density at radius 3 is 2.95 bits per heavy atom. The number of benzene rings is 1. The Balaban J connectivity index is 2.26. The van der Waals surface area contributed by atoms with Gasteiger partial charge in [-0.15, -0.1) is 0 Å². The molecule has 1 fully saturated rings. The van der Waals surface area contributed by atoms with Crippen LogP contribution >= 0.6 is 0 Å². The molecular formula is C16H26N2O2. The Bertz CT molecular complexity index is 425. The average Bonchev–Trinajstić information content (AvgIpc) is 2.47. The number of β-amino-alcohol motifs (C(OH)–C–C–N with tert-alkyl or cyclic N) is 1. The maximum absolute atomic E-state index is 9.92. The quantitative estimate of drug-likeness (QED) is 0.864. The van der Waals surface area contributed by atoms with Crippen molar-refractivity contribution in [2.75, 3.05) is 20.2 Å². The first-order valence-corrected chi connectivity index (χ1v) is 7.47. The molecule has 1 aromatic carbocycles. The van der Waals surface area contributed by atoms with E-state index in [0.29, 0.717) is 6.54 Å². The maximum atomic E-state index is 9.92. The summed E-state index contributed by atoms with van der Waals surface area (Å²) in [6.45, 7) is 3.81. The van der Waals surface area contributed by atoms with Crippen LogP contribution in [-0.2, 0) is 0 Å². The predicted molar refractivity (Wildman–Crippen MR) is 80.8 cm³/mol. The summed E-state index contributed by atoms with van der Waals surface area (Å²) < 4.78 is 5.32. The summed E-state index contributed by atoms with van der Waals surface area (Å²) in [5, 5.41) is 9.92. The highest BCUT2D eigenvalue weighted by Crippen LogP contribution is 2.30. The molecule has 4 heteroatoms. The minimum atomic E-state index is -0.235. The van der Waals surface area contributed by atoms with Gasteiger partial charge in [0.1, 0.15) is 5.75 Å². The second-order valence-corrected chi connectivity index (χ2v) is 5.58. The number of ether oxygens (including phenoxy) is 1. The van der Waals surface area contributed by atoms with Gasteiger partial charge in [-0.3, -0.25) is 4.90 Å². The summed E-state index contributed by atoms with van der Waals surface area (Å²) >= 11 is 0. The SMILES string of the molecule is CCC(N)C(c1cccc(OC)c1)N1CCCC(O)C1. The Morgan fingerprint density at radius 2 is 2.30 bits per heavy atom. The second-order valence-electron chi connectivity index (χ2n) is 5.58. The molecular weight excluding hydrogens is 252 g/mol. The first-order valence-electron chi connectivity index (χ1n) is 7.47. The van der Waals surface area contributed by atoms with Crippen LogP contribution in [0.25, 0.3) is 0 Å². The van der Waals surface area contributed by atoms with Crippen molar-refractivity contribution in [3.05, 3.63) is 29.8 Å². The lowest BCUT2D eigenvalue weighted by Crippen LogP contribution is -2.47. The zero-order valence-corrected chi connectivity index (χ0v) is 12.5. The van der Waals surface area contributed by atoms with E-state index in [2.05, 4.69) is 24.0 Å². The van der Waals surface area contributed by atoms with E-state index in [-0.39, 0.29) is 18.2 Å². The molecule has 1 saturated heterocycles. The Morgan fingerprint density at radius 1 is 1.50 bits per heavy atom. The van der Waals surface area contributed by atoms with Crippen molar-refractivity contribution in [2.45, 2.75) is 44.4 Å². The molecule has 0 amide bonds. The Hall–Kier alpha value is -1.10. The molecule has 0 bridgehead atoms. The van der Waals surface area contributed by atoms with Crippen LogP contribution in [0.2, 0.25) is 0 Å². The molecule has 20 heavy (non-hydrogen) atoms. The van der Waals surface area contributed by atoms with E-state index in [0.717, 1.165) is 31.6 Å². The van der Waals surface area contributed by atoms with E-state index in [9.17, 15) is 5.11 Å². The van der Waals surface area contributed by atoms with Crippen LogP contribution < -0.4 is 10.5 Å². The fourth-order valence-electron chi connectivity index (χ4n) is 3.01. The summed E-state index contributed by atoms with van der Waals surface area (Å²) in [5.41, 5.74) is 7.53. The highest BCUT2D eigenvalue weighted by Gasteiger charge is 2.29. The van der Waals surface area contributed by atoms with Crippen LogP contribution in [0.5, 0.6) is 5.75 Å². The van der Waals surface area contributed by atoms with E-state index >= 15 is 0 Å². The fourth-order valence-corrected chi connectivity index (χ4v) is 3.01. The summed E-state index contributed by atoms with van der Waals surface area (Å²) in [6.07, 6.45) is 2.59. The topological polar surface area (TPSA) is 58.7 Å². The minimum Gasteiger partial charge on any atom is -0.497 e. The van der Waals surface area contributed by atoms with Gasteiger partial charge in [0.2, 0.25) is 0 Å². The number of nitrogens with zero attached hydrogens (tertiary/aromatic N) is 1. The number of nitrogens with two attached hydrogens (primary N) is 1. The maximum Gasteiger partial charge on any atom is 0.119 e. The molecule has 0 spiro atoms. The Labute approximate surface area is 121 Å². The molecule has 0 saturated carbocycles. The van der Waals surface area contributed by atoms with Crippen molar-refractivity contribution in [2.24, 2.45) is 5.73 Å². The Kier molecular flexibility index (Phi) is 5.40. The molecule has 3 N–H and O–H groups in total. The van der Waals surface area contributed by atoms with Crippen LogP contribution in [0.4, 0.5) is 0 Å². The van der Waals surface area contributed by atoms with Gasteiger partial charge in [0.15, 0.2) is 0 Å². The number of hydrogen-bond acceptors (Lipinski definition) is 4. The van der Waals surface area contributed by atoms with Crippen LogP contribution in [0.1, 0.15) is 37.8 Å². The molecule has 1 aliphatic rings. The third-order valence-corrected chi connectivity index (χ3v) is 4.13. The molecule has 0 radical (unpaired) electrons. The number of aliphatic hydroxyl groups is 1. The predicted octanol–water partition coefficient (Wildman–Crippen LogP) is 1.93. The fraction of sp³-hybridized carbons (Fsp3) is 0.625. The van der Waals surface area contributed by atoms with Gasteiger partial charge < -0.3 is 15.6 Å². The normalized spacial score (nSPS) is 23.3. The zero-order valence-electron chi connectivity index (χ0n) is 12.5. The summed E-state index contributed by atoms with van der Waals surface area (Å²) in [5.74, 6) is 0.855. The van der Waals surface area contributed by atoms with Crippen LogP contribution in [0.15, 0.2) is 24.3 Å². The van der Waals surface area contributed by atoms with Crippen LogP contribution in [0.3, 0.4) is 0 Å². The number of rotatable bonds is 5. The summed E-state index contributed by atoms with van der Waals surface area (Å²) in [7, 11) is 1.68. The standard InChI is InChI=1S/C16H26N2O2/c1-3-15(17)16(18-9-5-7-13(19)11-18)12-6-4-8-14(10-12)20-2/h4,6,8,10,13,15-16,19H,3,5,7,9,11,17H2,1-2H3. The van der Waals surface area contributed by atoms with Crippen molar-refractivity contribution < 1.29 is 9.84 Å². The van der Waals surface area contributed by atoms with E-state index in [1.807, 2.05) is 12.1 Å². The molecule has 1 heterocycles. The first kappa shape index (κ1) is 15.3. The molecule has 4 nitrogen and oxygen atoms in total. The van der Waals surface area contributed by atoms with Gasteiger partial charge in [0, 0.05) is 12.6 Å². The van der Waals surface area contributed by atoms with Crippen molar-refractivity contribution in [3.8, 4) is 5.75 Å². The zero-order chi connectivity index (χ0) is 14.5. The molecule has 3 unspecified atom stereocenters. The lowest BCUT2D eigenvalue weighted by molar-refractivity contribution is 0.0384. The first-order chi connectivity index (χ1) is 9.65. The third kappa shape index (κ3) is 3.51. The van der Waals surface area contributed by atoms with Gasteiger partial charge >= 0.3 is 0 Å². The monoisotopic (exact) mass is 278 g/mol. The van der Waals surface area contributed by atoms with Crippen molar-refractivity contribution >= 4 is 0 Å². The van der Waals surface area contributed by atoms with Gasteiger partial charge in [0.05, 0.1) is 19.3 Å². The van der Waals surface area contributed by atoms with Gasteiger partial charge in [0.25, 0.3) is 0 Å². The molecule has 3 atom stereocenters. The van der Waals surface area contributed by atoms with E-state index in [1.165, 1.54) is 5.56 Å². The number of likely N-dealkylation sites (tertiary alicyclic amines) is 1. The second kappa shape index (κ2) is 7.07. The minimum absolute atomic E-state index is 0.0624. The van der Waals surface area contributed by atoms with Gasteiger partial charge in [-0.2, -0.15) is 0 Å². The number of methoxy groups -OCH3 is 1. The van der Waals surface area contributed by atoms with Crippen molar-refractivity contribution in [3.63, 3.8) is 0 Å². The smallest absolute Gasteiger partial charge is 0.119 e. The highest BCUT2D eigenvalue weighted by molar-refractivity contribution is 5.31. The summed E-state index contributed by atoms with van der Waals surface area (Å²) in [6, 6.07) is 8.31. The molecule has 2 rings (SSSR count). The highest BCUT2D eigenvalue weighted by atomic mass is 16.5. The van der Waals surface area contributed by atoms with Crippen molar-refractivity contribution in [1.82, 2.24) is 4.90 Å². The van der Waals surface area contributed by atoms with Crippen LogP contribution in [0, 0.1) is 0 Å². The molecule has 0 aromatic heterocycles. The summed E-state index contributed by atoms with van der Waals surface area (Å²) in [4.78, 5) is 2.32. The average molecular weight is 278 g/mol. The van der Waals surface area contributed by atoms with E-state index in [1.54, 1.807) is 7.11 Å². The molecule has 1 aromatic rings. The van der Waals surface area contributed by atoms with Crippen molar-refractivity contribution in [1.29, 1.82) is 0 Å². The van der Waals surface area contributed by atoms with E-state index in [4.69, 9.17) is 10.5 Å². The van der Waals surface area contributed by atoms with Gasteiger partial charge in [-0.25, -0.2) is 0 Å². The lowest BCUT2D eigenvalue weighted by Gasteiger charge is -2.39. The molecule has 1 aliphatic heterocycles. The molecule has 0 aliphatic carbocycles.